The van der Waals surface area contributed by atoms with Crippen LogP contribution in [-0.2, 0) is 0 Å². The van der Waals surface area contributed by atoms with E-state index in [0.29, 0.717) is 5.56 Å². The van der Waals surface area contributed by atoms with Crippen LogP contribution in [0, 0.1) is 18.3 Å². The molecular weight excluding hydrogens is 312 g/mol. The van der Waals surface area contributed by atoms with Gasteiger partial charge in [-0.1, -0.05) is 12.1 Å². The van der Waals surface area contributed by atoms with E-state index >= 15 is 0 Å². The molecule has 4 aromatic rings. The second-order valence-corrected chi connectivity index (χ2v) is 5.61. The first-order chi connectivity index (χ1) is 12.2. The van der Waals surface area contributed by atoms with Gasteiger partial charge in [-0.25, -0.2) is 14.6 Å². The van der Waals surface area contributed by atoms with E-state index in [4.69, 9.17) is 5.26 Å². The zero-order valence-electron chi connectivity index (χ0n) is 13.5. The van der Waals surface area contributed by atoms with E-state index in [0.717, 1.165) is 33.9 Å². The van der Waals surface area contributed by atoms with Gasteiger partial charge in [0.2, 0.25) is 0 Å². The number of hydrogen-bond acceptors (Lipinski definition) is 5. The molecule has 4 rings (SSSR count). The molecule has 0 saturated carbocycles. The van der Waals surface area contributed by atoms with Crippen LogP contribution < -0.4 is 5.32 Å². The topological polar surface area (TPSA) is 79.4 Å². The number of aromatic nitrogens is 4. The van der Waals surface area contributed by atoms with Gasteiger partial charge in [-0.2, -0.15) is 10.4 Å². The van der Waals surface area contributed by atoms with Crippen LogP contribution in [0.1, 0.15) is 11.3 Å². The lowest BCUT2D eigenvalue weighted by atomic mass is 10.2. The number of benzene rings is 2. The van der Waals surface area contributed by atoms with Crippen molar-refractivity contribution in [2.45, 2.75) is 6.92 Å². The fraction of sp³-hybridized carbons (Fsp3) is 0.0526. The van der Waals surface area contributed by atoms with Crippen LogP contribution in [0.25, 0.3) is 16.6 Å². The van der Waals surface area contributed by atoms with Crippen molar-refractivity contribution in [3.8, 4) is 11.8 Å². The van der Waals surface area contributed by atoms with Crippen molar-refractivity contribution in [2.75, 3.05) is 5.32 Å². The molecule has 0 aliphatic carbocycles. The van der Waals surface area contributed by atoms with Crippen LogP contribution in [0.15, 0.2) is 60.9 Å². The molecule has 0 amide bonds. The highest BCUT2D eigenvalue weighted by Crippen LogP contribution is 2.25. The molecule has 0 saturated heterocycles. The van der Waals surface area contributed by atoms with Crippen LogP contribution in [0.4, 0.5) is 11.6 Å². The van der Waals surface area contributed by atoms with Gasteiger partial charge in [0.15, 0.2) is 0 Å². The maximum absolute atomic E-state index is 8.95. The van der Waals surface area contributed by atoms with E-state index in [1.165, 1.54) is 0 Å². The number of nitrogens with zero attached hydrogens (tertiary/aromatic N) is 5. The highest BCUT2D eigenvalue weighted by Gasteiger charge is 2.10. The Morgan fingerprint density at radius 1 is 1.04 bits per heavy atom. The molecule has 0 spiro atoms. The van der Waals surface area contributed by atoms with Crippen molar-refractivity contribution in [3.63, 3.8) is 0 Å². The molecule has 2 aromatic heterocycles. The number of anilines is 2. The first-order valence-corrected chi connectivity index (χ1v) is 7.78. The Labute approximate surface area is 144 Å². The number of nitriles is 1. The molecule has 0 unspecified atom stereocenters. The third-order valence-corrected chi connectivity index (χ3v) is 3.86. The fourth-order valence-corrected chi connectivity index (χ4v) is 2.69. The highest BCUT2D eigenvalue weighted by molar-refractivity contribution is 5.90. The van der Waals surface area contributed by atoms with Crippen molar-refractivity contribution in [3.05, 3.63) is 72.2 Å². The Morgan fingerprint density at radius 2 is 1.84 bits per heavy atom. The summed E-state index contributed by atoms with van der Waals surface area (Å²) in [6.07, 6.45) is 1.54. The molecular formula is C19H14N6. The minimum atomic E-state index is 0.615. The van der Waals surface area contributed by atoms with Crippen LogP contribution in [0.3, 0.4) is 0 Å². The van der Waals surface area contributed by atoms with E-state index in [1.54, 1.807) is 23.1 Å². The summed E-state index contributed by atoms with van der Waals surface area (Å²) >= 11 is 0. The summed E-state index contributed by atoms with van der Waals surface area (Å²) in [4.78, 5) is 8.65. The molecule has 0 bridgehead atoms. The van der Waals surface area contributed by atoms with Crippen LogP contribution in [0.2, 0.25) is 0 Å². The Bertz CT molecular complexity index is 1080. The number of hydrogen-bond donors (Lipinski definition) is 1. The average molecular weight is 326 g/mol. The SMILES string of the molecule is Cc1cc(Nc2ncnc3ccccc23)n(-c2ccc(C#N)cc2)n1. The summed E-state index contributed by atoms with van der Waals surface area (Å²) in [5.41, 5.74) is 3.24. The summed E-state index contributed by atoms with van der Waals surface area (Å²) in [5.74, 6) is 1.52. The van der Waals surface area contributed by atoms with Gasteiger partial charge in [-0.15, -0.1) is 0 Å². The number of aryl methyl sites for hydroxylation is 1. The molecule has 0 aliphatic rings. The van der Waals surface area contributed by atoms with Gasteiger partial charge in [0.05, 0.1) is 28.5 Å². The maximum Gasteiger partial charge on any atom is 0.142 e. The summed E-state index contributed by atoms with van der Waals surface area (Å²) in [7, 11) is 0. The van der Waals surface area contributed by atoms with Gasteiger partial charge in [-0.05, 0) is 43.3 Å². The van der Waals surface area contributed by atoms with E-state index in [-0.39, 0.29) is 0 Å². The molecule has 25 heavy (non-hydrogen) atoms. The molecule has 2 heterocycles. The predicted octanol–water partition coefficient (Wildman–Crippen LogP) is 3.74. The van der Waals surface area contributed by atoms with E-state index in [1.807, 2.05) is 49.4 Å². The van der Waals surface area contributed by atoms with Crippen molar-refractivity contribution in [1.82, 2.24) is 19.7 Å². The number of nitrogens with one attached hydrogen (secondary N) is 1. The number of para-hydroxylation sites is 1. The second kappa shape index (κ2) is 6.06. The standard InChI is InChI=1S/C19H14N6/c1-13-10-18(25(24-13)15-8-6-14(11-20)7-9-15)23-19-16-4-2-3-5-17(16)21-12-22-19/h2-10,12H,1H3,(H,21,22,23). The van der Waals surface area contributed by atoms with Crippen molar-refractivity contribution in [2.24, 2.45) is 0 Å². The normalized spacial score (nSPS) is 10.6. The average Bonchev–Trinajstić information content (AvgIpc) is 3.02. The molecule has 1 N–H and O–H groups in total. The van der Waals surface area contributed by atoms with Gasteiger partial charge in [0.25, 0.3) is 0 Å². The number of rotatable bonds is 3. The number of fused-ring (bicyclic) bond motifs is 1. The quantitative estimate of drug-likeness (QED) is 0.620. The van der Waals surface area contributed by atoms with E-state index in [2.05, 4.69) is 26.5 Å². The Balaban J connectivity index is 1.77. The lowest BCUT2D eigenvalue weighted by Crippen LogP contribution is -2.04. The molecule has 120 valence electrons. The minimum Gasteiger partial charge on any atom is -0.324 e. The maximum atomic E-state index is 8.95. The molecule has 0 atom stereocenters. The lowest BCUT2D eigenvalue weighted by molar-refractivity contribution is 0.868. The first-order valence-electron chi connectivity index (χ1n) is 7.78. The van der Waals surface area contributed by atoms with Gasteiger partial charge in [0.1, 0.15) is 18.0 Å². The zero-order chi connectivity index (χ0) is 17.2. The molecule has 0 radical (unpaired) electrons. The van der Waals surface area contributed by atoms with Crippen molar-refractivity contribution < 1.29 is 0 Å². The van der Waals surface area contributed by atoms with E-state index < -0.39 is 0 Å². The summed E-state index contributed by atoms with van der Waals surface area (Å²) in [6, 6.07) is 19.2. The van der Waals surface area contributed by atoms with Gasteiger partial charge < -0.3 is 5.32 Å². The summed E-state index contributed by atoms with van der Waals surface area (Å²) < 4.78 is 1.80. The fourth-order valence-electron chi connectivity index (χ4n) is 2.69. The highest BCUT2D eigenvalue weighted by atomic mass is 15.3. The monoisotopic (exact) mass is 326 g/mol. The van der Waals surface area contributed by atoms with Crippen LogP contribution >= 0.6 is 0 Å². The van der Waals surface area contributed by atoms with Crippen molar-refractivity contribution >= 4 is 22.5 Å². The molecule has 2 aromatic carbocycles. The van der Waals surface area contributed by atoms with Gasteiger partial charge in [0, 0.05) is 11.5 Å². The summed E-state index contributed by atoms with van der Waals surface area (Å²) in [5, 5.41) is 17.8. The first kappa shape index (κ1) is 14.8. The molecule has 0 fully saturated rings. The molecule has 0 aliphatic heterocycles. The van der Waals surface area contributed by atoms with Crippen molar-refractivity contribution in [1.29, 1.82) is 5.26 Å². The second-order valence-electron chi connectivity index (χ2n) is 5.61. The molecule has 6 heteroatoms. The zero-order valence-corrected chi connectivity index (χ0v) is 13.5. The molecule has 6 nitrogen and oxygen atoms in total. The Kier molecular flexibility index (Phi) is 3.60. The lowest BCUT2D eigenvalue weighted by Gasteiger charge is -2.10. The van der Waals surface area contributed by atoms with Gasteiger partial charge >= 0.3 is 0 Å². The Hall–Kier alpha value is -3.72. The third kappa shape index (κ3) is 2.79. The minimum absolute atomic E-state index is 0.615. The van der Waals surface area contributed by atoms with Crippen LogP contribution in [-0.4, -0.2) is 19.7 Å². The predicted molar refractivity (Wildman–Crippen MR) is 95.8 cm³/mol. The third-order valence-electron chi connectivity index (χ3n) is 3.86. The largest absolute Gasteiger partial charge is 0.324 e. The van der Waals surface area contributed by atoms with E-state index in [9.17, 15) is 0 Å². The summed E-state index contributed by atoms with van der Waals surface area (Å²) in [6.45, 7) is 1.93. The Morgan fingerprint density at radius 3 is 2.64 bits per heavy atom. The van der Waals surface area contributed by atoms with Crippen LogP contribution in [0.5, 0.6) is 0 Å². The smallest absolute Gasteiger partial charge is 0.142 e. The van der Waals surface area contributed by atoms with Gasteiger partial charge in [-0.3, -0.25) is 0 Å².